The fourth-order valence-electron chi connectivity index (χ4n) is 0.919. The van der Waals surface area contributed by atoms with Gasteiger partial charge in [0.05, 0.1) is 6.61 Å². The molecule has 0 bridgehead atoms. The van der Waals surface area contributed by atoms with Crippen LogP contribution in [0.5, 0.6) is 0 Å². The van der Waals surface area contributed by atoms with Gasteiger partial charge in [-0.25, -0.2) is 0 Å². The smallest absolute Gasteiger partial charge is 0.179 e. The molecule has 58 valence electrons. The van der Waals surface area contributed by atoms with Gasteiger partial charge in [0.25, 0.3) is 0 Å². The molecule has 0 saturated carbocycles. The molecule has 0 atom stereocenters. The van der Waals surface area contributed by atoms with E-state index in [0.717, 1.165) is 6.61 Å². The molecule has 0 radical (unpaired) electrons. The largest absolute Gasteiger partial charge is 0.347 e. The molecule has 0 saturated heterocycles. The lowest BCUT2D eigenvalue weighted by Crippen LogP contribution is -2.15. The van der Waals surface area contributed by atoms with Crippen molar-refractivity contribution in [2.75, 3.05) is 19.1 Å². The summed E-state index contributed by atoms with van der Waals surface area (Å²) in [5, 5.41) is 0. The first-order valence-electron chi connectivity index (χ1n) is 3.15. The summed E-state index contributed by atoms with van der Waals surface area (Å²) in [5.74, 6) is 0. The second-order valence-corrected chi connectivity index (χ2v) is 4.58. The summed E-state index contributed by atoms with van der Waals surface area (Å²) in [4.78, 5) is 0. The van der Waals surface area contributed by atoms with E-state index in [1.807, 2.05) is 0 Å². The number of rotatable bonds is 2. The lowest BCUT2D eigenvalue weighted by atomic mass is 10.3. The molecule has 0 unspecified atom stereocenters. The second-order valence-electron chi connectivity index (χ2n) is 2.29. The van der Waals surface area contributed by atoms with E-state index in [1.165, 1.54) is 5.57 Å². The Hall–Kier alpha value is 0.400. The molecule has 1 nitrogen and oxygen atoms in total. The van der Waals surface area contributed by atoms with Crippen molar-refractivity contribution in [2.45, 2.75) is 11.2 Å². The molecule has 0 aliphatic carbocycles. The van der Waals surface area contributed by atoms with E-state index in [-0.39, 0.29) is 4.27 Å². The van der Waals surface area contributed by atoms with Crippen LogP contribution >= 0.6 is 23.5 Å². The van der Waals surface area contributed by atoms with Crippen molar-refractivity contribution in [3.05, 3.63) is 11.6 Å². The van der Waals surface area contributed by atoms with Gasteiger partial charge in [0.2, 0.25) is 0 Å². The quantitative estimate of drug-likeness (QED) is 0.472. The van der Waals surface area contributed by atoms with Crippen LogP contribution in [-0.4, -0.2) is 23.4 Å². The highest BCUT2D eigenvalue weighted by molar-refractivity contribution is 8.17. The average molecular weight is 176 g/mol. The molecule has 0 N–H and O–H groups in total. The van der Waals surface area contributed by atoms with E-state index in [2.05, 4.69) is 25.5 Å². The third-order valence-corrected chi connectivity index (χ3v) is 4.10. The maximum absolute atomic E-state index is 5.58. The Bertz CT molecular complexity index is 150. The van der Waals surface area contributed by atoms with E-state index < -0.39 is 0 Å². The topological polar surface area (TPSA) is 9.23 Å². The zero-order valence-corrected chi connectivity index (χ0v) is 8.14. The van der Waals surface area contributed by atoms with Crippen LogP contribution in [0.2, 0.25) is 0 Å². The highest BCUT2D eigenvalue weighted by Crippen LogP contribution is 2.41. The number of ether oxygens (including phenoxy) is 1. The average Bonchev–Trinajstić information content (AvgIpc) is 2.33. The van der Waals surface area contributed by atoms with Gasteiger partial charge < -0.3 is 4.74 Å². The minimum Gasteiger partial charge on any atom is -0.347 e. The molecular formula is C7H12OS2. The summed E-state index contributed by atoms with van der Waals surface area (Å²) < 4.78 is 5.51. The molecule has 0 spiro atoms. The standard InChI is InChI=1S/C7H12OS2/c1-6-4-7(9-2,10-3)8-5-6/h4H,5H2,1-3H3. The molecule has 1 rings (SSSR count). The minimum absolute atomic E-state index is 0.0793. The summed E-state index contributed by atoms with van der Waals surface area (Å²) in [7, 11) is 0. The minimum atomic E-state index is -0.0793. The maximum atomic E-state index is 5.58. The van der Waals surface area contributed by atoms with Crippen molar-refractivity contribution >= 4 is 23.5 Å². The monoisotopic (exact) mass is 176 g/mol. The maximum Gasteiger partial charge on any atom is 0.179 e. The Kier molecular flexibility index (Phi) is 2.72. The van der Waals surface area contributed by atoms with Crippen LogP contribution in [0.4, 0.5) is 0 Å². The Morgan fingerprint density at radius 1 is 1.50 bits per heavy atom. The molecule has 1 aliphatic rings. The zero-order valence-electron chi connectivity index (χ0n) is 6.51. The van der Waals surface area contributed by atoms with Crippen molar-refractivity contribution in [2.24, 2.45) is 0 Å². The van der Waals surface area contributed by atoms with Gasteiger partial charge in [-0.3, -0.25) is 0 Å². The predicted molar refractivity (Wildman–Crippen MR) is 49.5 cm³/mol. The summed E-state index contributed by atoms with van der Waals surface area (Å²) in [6.07, 6.45) is 6.35. The van der Waals surface area contributed by atoms with E-state index in [0.29, 0.717) is 0 Å². The molecule has 1 heterocycles. The molecule has 0 aromatic carbocycles. The van der Waals surface area contributed by atoms with Gasteiger partial charge in [0.15, 0.2) is 4.27 Å². The van der Waals surface area contributed by atoms with Gasteiger partial charge in [-0.05, 0) is 31.1 Å². The molecule has 1 aliphatic heterocycles. The highest BCUT2D eigenvalue weighted by Gasteiger charge is 2.30. The van der Waals surface area contributed by atoms with Gasteiger partial charge in [-0.2, -0.15) is 0 Å². The molecule has 0 aromatic rings. The Morgan fingerprint density at radius 3 is 2.30 bits per heavy atom. The van der Waals surface area contributed by atoms with E-state index in [1.54, 1.807) is 23.5 Å². The first-order valence-corrected chi connectivity index (χ1v) is 5.60. The molecule has 0 fully saturated rings. The lowest BCUT2D eigenvalue weighted by Gasteiger charge is -2.21. The van der Waals surface area contributed by atoms with Crippen molar-refractivity contribution in [1.29, 1.82) is 0 Å². The first kappa shape index (κ1) is 8.50. The number of hydrogen-bond donors (Lipinski definition) is 0. The van der Waals surface area contributed by atoms with Crippen LogP contribution in [0.1, 0.15) is 6.92 Å². The molecule has 0 amide bonds. The van der Waals surface area contributed by atoms with Gasteiger partial charge in [-0.15, -0.1) is 23.5 Å². The Labute approximate surface area is 70.6 Å². The fraction of sp³-hybridized carbons (Fsp3) is 0.714. The third kappa shape index (κ3) is 1.52. The van der Waals surface area contributed by atoms with Gasteiger partial charge >= 0.3 is 0 Å². The molecular weight excluding hydrogens is 164 g/mol. The van der Waals surface area contributed by atoms with E-state index >= 15 is 0 Å². The van der Waals surface area contributed by atoms with Gasteiger partial charge in [-0.1, -0.05) is 0 Å². The van der Waals surface area contributed by atoms with Crippen molar-refractivity contribution in [3.63, 3.8) is 0 Å². The SMILES string of the molecule is CSC1(SC)C=C(C)CO1. The number of thioether (sulfide) groups is 2. The van der Waals surface area contributed by atoms with Gasteiger partial charge in [0.1, 0.15) is 0 Å². The highest BCUT2D eigenvalue weighted by atomic mass is 32.2. The van der Waals surface area contributed by atoms with Crippen LogP contribution in [-0.2, 0) is 4.74 Å². The zero-order chi connectivity index (χ0) is 7.61. The fourth-order valence-corrected chi connectivity index (χ4v) is 2.58. The molecule has 3 heteroatoms. The van der Waals surface area contributed by atoms with Crippen molar-refractivity contribution < 1.29 is 4.74 Å². The second kappa shape index (κ2) is 3.20. The van der Waals surface area contributed by atoms with Crippen LogP contribution in [0.15, 0.2) is 11.6 Å². The Morgan fingerprint density at radius 2 is 2.10 bits per heavy atom. The number of hydrogen-bond acceptors (Lipinski definition) is 3. The van der Waals surface area contributed by atoms with E-state index in [4.69, 9.17) is 4.74 Å². The Balaban J connectivity index is 2.68. The van der Waals surface area contributed by atoms with Gasteiger partial charge in [0, 0.05) is 0 Å². The van der Waals surface area contributed by atoms with Crippen molar-refractivity contribution in [3.8, 4) is 0 Å². The molecule has 0 aromatic heterocycles. The van der Waals surface area contributed by atoms with Crippen LogP contribution in [0.3, 0.4) is 0 Å². The molecule has 10 heavy (non-hydrogen) atoms. The lowest BCUT2D eigenvalue weighted by molar-refractivity contribution is 0.163. The van der Waals surface area contributed by atoms with Crippen LogP contribution in [0.25, 0.3) is 0 Å². The summed E-state index contributed by atoms with van der Waals surface area (Å²) in [6.45, 7) is 2.90. The van der Waals surface area contributed by atoms with Crippen LogP contribution in [0, 0.1) is 0 Å². The van der Waals surface area contributed by atoms with E-state index in [9.17, 15) is 0 Å². The third-order valence-electron chi connectivity index (χ3n) is 1.49. The summed E-state index contributed by atoms with van der Waals surface area (Å²) in [6, 6.07) is 0. The summed E-state index contributed by atoms with van der Waals surface area (Å²) in [5.41, 5.74) is 1.34. The van der Waals surface area contributed by atoms with Crippen LogP contribution < -0.4 is 0 Å². The summed E-state index contributed by atoms with van der Waals surface area (Å²) >= 11 is 3.50. The predicted octanol–water partition coefficient (Wildman–Crippen LogP) is 2.34. The normalized spacial score (nSPS) is 22.9. The first-order chi connectivity index (χ1) is 4.72. The van der Waals surface area contributed by atoms with Crippen molar-refractivity contribution in [1.82, 2.24) is 0 Å².